The molecular weight excluding hydrogens is 409 g/mol. The van der Waals surface area contributed by atoms with Crippen LogP contribution in [0.3, 0.4) is 0 Å². The van der Waals surface area contributed by atoms with Crippen LogP contribution in [0, 0.1) is 0 Å². The first-order valence-corrected chi connectivity index (χ1v) is 10.6. The topological polar surface area (TPSA) is 43.9 Å². The third-order valence-corrected chi connectivity index (χ3v) is 6.63. The van der Waals surface area contributed by atoms with E-state index in [-0.39, 0.29) is 22.9 Å². The van der Waals surface area contributed by atoms with Crippen molar-refractivity contribution in [2.24, 2.45) is 0 Å². The van der Waals surface area contributed by atoms with Gasteiger partial charge in [-0.05, 0) is 37.1 Å². The fourth-order valence-corrected chi connectivity index (χ4v) is 4.51. The molecule has 2 heterocycles. The maximum absolute atomic E-state index is 13.1. The maximum Gasteiger partial charge on any atom is 0.255 e. The zero-order valence-corrected chi connectivity index (χ0v) is 17.8. The van der Waals surface area contributed by atoms with E-state index in [2.05, 4.69) is 17.0 Å². The standard InChI is InChI=1S/C22H23Cl2N3O2/c1-15(27-10-9-16-5-2-3-8-19(16)27)21(28)25-11-13-26(14-12-25)22(29)17-6-4-7-18(23)20(17)24/h2-8,15H,9-14H2,1H3. The molecule has 5 nitrogen and oxygen atoms in total. The molecule has 152 valence electrons. The van der Waals surface area contributed by atoms with Crippen molar-refractivity contribution in [3.05, 3.63) is 63.6 Å². The van der Waals surface area contributed by atoms with E-state index in [1.165, 1.54) is 5.56 Å². The van der Waals surface area contributed by atoms with E-state index in [1.807, 2.05) is 24.0 Å². The number of para-hydroxylation sites is 1. The molecule has 0 spiro atoms. The van der Waals surface area contributed by atoms with E-state index in [1.54, 1.807) is 23.1 Å². The first-order valence-electron chi connectivity index (χ1n) is 9.84. The number of nitrogens with zero attached hydrogens (tertiary/aromatic N) is 3. The lowest BCUT2D eigenvalue weighted by Gasteiger charge is -2.38. The molecule has 0 N–H and O–H groups in total. The van der Waals surface area contributed by atoms with E-state index in [4.69, 9.17) is 23.2 Å². The Morgan fingerprint density at radius 1 is 0.897 bits per heavy atom. The number of carbonyl (C=O) groups excluding carboxylic acids is 2. The zero-order valence-electron chi connectivity index (χ0n) is 16.3. The van der Waals surface area contributed by atoms with E-state index >= 15 is 0 Å². The predicted octanol–water partition coefficient (Wildman–Crippen LogP) is 3.73. The number of amides is 2. The molecule has 2 aliphatic rings. The second-order valence-corrected chi connectivity index (χ2v) is 8.25. The minimum Gasteiger partial charge on any atom is -0.359 e. The third kappa shape index (κ3) is 3.81. The van der Waals surface area contributed by atoms with Gasteiger partial charge in [-0.3, -0.25) is 9.59 Å². The average molecular weight is 432 g/mol. The summed E-state index contributed by atoms with van der Waals surface area (Å²) in [4.78, 5) is 31.7. The molecule has 0 aliphatic carbocycles. The van der Waals surface area contributed by atoms with Crippen LogP contribution < -0.4 is 4.90 Å². The Hall–Kier alpha value is -2.24. The van der Waals surface area contributed by atoms with Crippen molar-refractivity contribution in [3.8, 4) is 0 Å². The van der Waals surface area contributed by atoms with Crippen LogP contribution in [0.4, 0.5) is 5.69 Å². The lowest BCUT2D eigenvalue weighted by Crippen LogP contribution is -2.55. The summed E-state index contributed by atoms with van der Waals surface area (Å²) in [6.07, 6.45) is 0.969. The van der Waals surface area contributed by atoms with Gasteiger partial charge in [0.2, 0.25) is 5.91 Å². The fourth-order valence-electron chi connectivity index (χ4n) is 4.13. The van der Waals surface area contributed by atoms with Gasteiger partial charge in [0, 0.05) is 38.4 Å². The largest absolute Gasteiger partial charge is 0.359 e. The van der Waals surface area contributed by atoms with Gasteiger partial charge in [-0.15, -0.1) is 0 Å². The second-order valence-electron chi connectivity index (χ2n) is 7.47. The summed E-state index contributed by atoms with van der Waals surface area (Å²) in [6, 6.07) is 13.1. The minimum absolute atomic E-state index is 0.106. The van der Waals surface area contributed by atoms with Crippen molar-refractivity contribution in [2.45, 2.75) is 19.4 Å². The number of halogens is 2. The van der Waals surface area contributed by atoms with Crippen molar-refractivity contribution in [2.75, 3.05) is 37.6 Å². The van der Waals surface area contributed by atoms with Crippen LogP contribution in [0.1, 0.15) is 22.8 Å². The summed E-state index contributed by atoms with van der Waals surface area (Å²) < 4.78 is 0. The highest BCUT2D eigenvalue weighted by atomic mass is 35.5. The van der Waals surface area contributed by atoms with Gasteiger partial charge >= 0.3 is 0 Å². The molecule has 1 atom stereocenters. The van der Waals surface area contributed by atoms with Crippen LogP contribution >= 0.6 is 23.2 Å². The van der Waals surface area contributed by atoms with Gasteiger partial charge in [-0.1, -0.05) is 47.5 Å². The lowest BCUT2D eigenvalue weighted by molar-refractivity contribution is -0.133. The van der Waals surface area contributed by atoms with Crippen LogP contribution in [0.5, 0.6) is 0 Å². The number of hydrogen-bond acceptors (Lipinski definition) is 3. The normalized spacial score (nSPS) is 17.3. The molecule has 0 radical (unpaired) electrons. The van der Waals surface area contributed by atoms with Crippen LogP contribution in [0.2, 0.25) is 10.0 Å². The third-order valence-electron chi connectivity index (χ3n) is 5.81. The van der Waals surface area contributed by atoms with Crippen LogP contribution in [0.25, 0.3) is 0 Å². The number of benzene rings is 2. The Labute approximate surface area is 180 Å². The molecule has 1 unspecified atom stereocenters. The van der Waals surface area contributed by atoms with Crippen molar-refractivity contribution in [1.82, 2.24) is 9.80 Å². The Morgan fingerprint density at radius 2 is 1.59 bits per heavy atom. The fraction of sp³-hybridized carbons (Fsp3) is 0.364. The summed E-state index contributed by atoms with van der Waals surface area (Å²) in [5.74, 6) is -0.0410. The SMILES string of the molecule is CC(C(=O)N1CCN(C(=O)c2cccc(Cl)c2Cl)CC1)N1CCc2ccccc21. The molecule has 0 saturated carbocycles. The van der Waals surface area contributed by atoms with Gasteiger partial charge in [-0.25, -0.2) is 0 Å². The van der Waals surface area contributed by atoms with Crippen molar-refractivity contribution >= 4 is 40.7 Å². The highest BCUT2D eigenvalue weighted by molar-refractivity contribution is 6.43. The quantitative estimate of drug-likeness (QED) is 0.743. The Bertz CT molecular complexity index is 941. The molecule has 2 amide bonds. The maximum atomic E-state index is 13.1. The molecular formula is C22H23Cl2N3O2. The lowest BCUT2D eigenvalue weighted by atomic mass is 10.1. The molecule has 29 heavy (non-hydrogen) atoms. The van der Waals surface area contributed by atoms with Gasteiger partial charge in [0.05, 0.1) is 15.6 Å². The summed E-state index contributed by atoms with van der Waals surface area (Å²) in [5, 5.41) is 0.644. The number of fused-ring (bicyclic) bond motifs is 1. The highest BCUT2D eigenvalue weighted by Crippen LogP contribution is 2.30. The average Bonchev–Trinajstić information content (AvgIpc) is 3.18. The molecule has 1 fully saturated rings. The number of hydrogen-bond donors (Lipinski definition) is 0. The van der Waals surface area contributed by atoms with E-state index in [0.29, 0.717) is 36.8 Å². The van der Waals surface area contributed by atoms with Crippen LogP contribution in [-0.2, 0) is 11.2 Å². The van der Waals surface area contributed by atoms with E-state index in [0.717, 1.165) is 18.7 Å². The Morgan fingerprint density at radius 3 is 2.34 bits per heavy atom. The van der Waals surface area contributed by atoms with Gasteiger partial charge in [0.25, 0.3) is 5.91 Å². The van der Waals surface area contributed by atoms with Crippen molar-refractivity contribution in [1.29, 1.82) is 0 Å². The summed E-state index contributed by atoms with van der Waals surface area (Å²) in [5.41, 5.74) is 2.85. The molecule has 2 aromatic rings. The minimum atomic E-state index is -0.219. The molecule has 7 heteroatoms. The smallest absolute Gasteiger partial charge is 0.255 e. The summed E-state index contributed by atoms with van der Waals surface area (Å²) in [7, 11) is 0. The number of carbonyl (C=O) groups is 2. The van der Waals surface area contributed by atoms with E-state index in [9.17, 15) is 9.59 Å². The predicted molar refractivity (Wildman–Crippen MR) is 116 cm³/mol. The van der Waals surface area contributed by atoms with Crippen molar-refractivity contribution < 1.29 is 9.59 Å². The van der Waals surface area contributed by atoms with Gasteiger partial charge in [0.15, 0.2) is 0 Å². The molecule has 2 aliphatic heterocycles. The Balaban J connectivity index is 1.39. The number of anilines is 1. The first kappa shape index (κ1) is 20.0. The van der Waals surface area contributed by atoms with E-state index < -0.39 is 0 Å². The van der Waals surface area contributed by atoms with Crippen LogP contribution in [-0.4, -0.2) is 60.4 Å². The molecule has 0 aromatic heterocycles. The Kier molecular flexibility index (Phi) is 5.70. The summed E-state index contributed by atoms with van der Waals surface area (Å²) >= 11 is 12.2. The van der Waals surface area contributed by atoms with Gasteiger partial charge in [0.1, 0.15) is 6.04 Å². The number of rotatable bonds is 3. The van der Waals surface area contributed by atoms with Crippen molar-refractivity contribution in [3.63, 3.8) is 0 Å². The summed E-state index contributed by atoms with van der Waals surface area (Å²) in [6.45, 7) is 4.82. The number of piperazine rings is 1. The van der Waals surface area contributed by atoms with Crippen LogP contribution in [0.15, 0.2) is 42.5 Å². The zero-order chi connectivity index (χ0) is 20.5. The highest BCUT2D eigenvalue weighted by Gasteiger charge is 2.33. The molecule has 4 rings (SSSR count). The second kappa shape index (κ2) is 8.25. The molecule has 2 aromatic carbocycles. The molecule has 0 bridgehead atoms. The molecule has 1 saturated heterocycles. The van der Waals surface area contributed by atoms with Gasteiger partial charge in [-0.2, -0.15) is 0 Å². The monoisotopic (exact) mass is 431 g/mol. The van der Waals surface area contributed by atoms with Gasteiger partial charge < -0.3 is 14.7 Å². The first-order chi connectivity index (χ1) is 14.0.